The van der Waals surface area contributed by atoms with Crippen LogP contribution in [0.2, 0.25) is 0 Å². The number of hydrogen-bond acceptors (Lipinski definition) is 4. The monoisotopic (exact) mass is 330 g/mol. The van der Waals surface area contributed by atoms with Crippen LogP contribution in [-0.4, -0.2) is 35.5 Å². The second kappa shape index (κ2) is 6.75. The van der Waals surface area contributed by atoms with Crippen molar-refractivity contribution in [1.82, 2.24) is 10.2 Å². The van der Waals surface area contributed by atoms with Crippen molar-refractivity contribution in [3.8, 4) is 5.75 Å². The summed E-state index contributed by atoms with van der Waals surface area (Å²) in [4.78, 5) is 25.9. The number of benzene rings is 1. The van der Waals surface area contributed by atoms with E-state index in [9.17, 15) is 9.59 Å². The number of hydrogen-bond donors (Lipinski definition) is 1. The summed E-state index contributed by atoms with van der Waals surface area (Å²) in [6, 6.07) is 3.76. The van der Waals surface area contributed by atoms with Gasteiger partial charge in [0.05, 0.1) is 7.11 Å². The van der Waals surface area contributed by atoms with E-state index in [0.717, 1.165) is 22.4 Å². The fraction of sp³-hybridized carbons (Fsp3) is 0.235. The van der Waals surface area contributed by atoms with Crippen molar-refractivity contribution >= 4 is 35.2 Å². The van der Waals surface area contributed by atoms with Crippen LogP contribution in [-0.2, 0) is 9.59 Å². The van der Waals surface area contributed by atoms with Gasteiger partial charge in [0.15, 0.2) is 5.11 Å². The van der Waals surface area contributed by atoms with E-state index >= 15 is 0 Å². The van der Waals surface area contributed by atoms with E-state index in [1.165, 1.54) is 4.90 Å². The van der Waals surface area contributed by atoms with Crippen molar-refractivity contribution in [1.29, 1.82) is 0 Å². The first kappa shape index (κ1) is 16.9. The summed E-state index contributed by atoms with van der Waals surface area (Å²) in [6.45, 7) is 7.64. The molecule has 0 radical (unpaired) electrons. The third-order valence-corrected chi connectivity index (χ3v) is 3.90. The van der Waals surface area contributed by atoms with Crippen molar-refractivity contribution in [3.05, 3.63) is 47.1 Å². The zero-order chi connectivity index (χ0) is 17.1. The van der Waals surface area contributed by atoms with Crippen LogP contribution in [0.25, 0.3) is 6.08 Å². The molecule has 23 heavy (non-hydrogen) atoms. The molecule has 0 bridgehead atoms. The summed E-state index contributed by atoms with van der Waals surface area (Å²) in [5.74, 6) is -0.154. The van der Waals surface area contributed by atoms with Gasteiger partial charge in [-0.2, -0.15) is 0 Å². The quantitative estimate of drug-likeness (QED) is 0.398. The summed E-state index contributed by atoms with van der Waals surface area (Å²) in [5, 5.41) is 2.63. The first-order valence-corrected chi connectivity index (χ1v) is 7.44. The SMILES string of the molecule is C=CCN1C(=O)/C(=C/c2cc(C)c(OC)cc2C)C(=O)NC1=S. The van der Waals surface area contributed by atoms with E-state index in [4.69, 9.17) is 17.0 Å². The van der Waals surface area contributed by atoms with Crippen molar-refractivity contribution in [3.63, 3.8) is 0 Å². The lowest BCUT2D eigenvalue weighted by atomic mass is 10.0. The van der Waals surface area contributed by atoms with E-state index in [1.807, 2.05) is 26.0 Å². The highest BCUT2D eigenvalue weighted by Crippen LogP contribution is 2.25. The number of nitrogens with one attached hydrogen (secondary N) is 1. The Hall–Kier alpha value is -2.47. The molecular weight excluding hydrogens is 312 g/mol. The van der Waals surface area contributed by atoms with Gasteiger partial charge in [0.1, 0.15) is 11.3 Å². The molecule has 1 heterocycles. The van der Waals surface area contributed by atoms with E-state index in [-0.39, 0.29) is 17.2 Å². The van der Waals surface area contributed by atoms with Gasteiger partial charge in [-0.15, -0.1) is 6.58 Å². The number of rotatable bonds is 4. The van der Waals surface area contributed by atoms with Crippen LogP contribution < -0.4 is 10.1 Å². The van der Waals surface area contributed by atoms with E-state index in [2.05, 4.69) is 11.9 Å². The molecule has 1 aliphatic heterocycles. The predicted molar refractivity (Wildman–Crippen MR) is 93.1 cm³/mol. The van der Waals surface area contributed by atoms with Gasteiger partial charge in [-0.3, -0.25) is 19.8 Å². The maximum atomic E-state index is 12.5. The number of carbonyl (C=O) groups is 2. The van der Waals surface area contributed by atoms with Gasteiger partial charge in [-0.05, 0) is 61.0 Å². The molecule has 2 amide bonds. The molecule has 0 aromatic heterocycles. The second-order valence-corrected chi connectivity index (χ2v) is 5.59. The molecule has 1 fully saturated rings. The fourth-order valence-corrected chi connectivity index (χ4v) is 2.58. The summed E-state index contributed by atoms with van der Waals surface area (Å²) in [5.41, 5.74) is 2.66. The first-order valence-electron chi connectivity index (χ1n) is 7.04. The van der Waals surface area contributed by atoms with Gasteiger partial charge in [-0.25, -0.2) is 0 Å². The van der Waals surface area contributed by atoms with E-state index < -0.39 is 11.8 Å². The molecule has 0 spiro atoms. The Morgan fingerprint density at radius 3 is 2.61 bits per heavy atom. The van der Waals surface area contributed by atoms with Gasteiger partial charge < -0.3 is 4.74 Å². The highest BCUT2D eigenvalue weighted by Gasteiger charge is 2.32. The van der Waals surface area contributed by atoms with Gasteiger partial charge in [0, 0.05) is 6.54 Å². The molecule has 2 rings (SSSR count). The van der Waals surface area contributed by atoms with Crippen LogP contribution >= 0.6 is 12.2 Å². The molecule has 120 valence electrons. The zero-order valence-electron chi connectivity index (χ0n) is 13.3. The van der Waals surface area contributed by atoms with Crippen LogP contribution in [0.15, 0.2) is 30.4 Å². The third kappa shape index (κ3) is 3.32. The number of aryl methyl sites for hydroxylation is 2. The molecule has 1 aromatic carbocycles. The molecule has 6 heteroatoms. The van der Waals surface area contributed by atoms with Crippen LogP contribution in [0, 0.1) is 13.8 Å². The zero-order valence-corrected chi connectivity index (χ0v) is 14.1. The minimum Gasteiger partial charge on any atom is -0.496 e. The molecule has 0 unspecified atom stereocenters. The first-order chi connectivity index (χ1) is 10.9. The molecule has 1 aliphatic rings. The standard InChI is InChI=1S/C17H18N2O3S/c1-5-6-19-16(21)13(15(20)18-17(19)23)9-12-7-11(3)14(22-4)8-10(12)2/h5,7-9H,1,6H2,2-4H3,(H,18,20,23)/b13-9+. The van der Waals surface area contributed by atoms with Crippen molar-refractivity contribution in [2.24, 2.45) is 0 Å². The summed E-state index contributed by atoms with van der Waals surface area (Å²) >= 11 is 5.03. The summed E-state index contributed by atoms with van der Waals surface area (Å²) < 4.78 is 5.27. The average Bonchev–Trinajstić information content (AvgIpc) is 2.50. The molecule has 1 N–H and O–H groups in total. The summed E-state index contributed by atoms with van der Waals surface area (Å²) in [6.07, 6.45) is 3.14. The Balaban J connectivity index is 2.47. The van der Waals surface area contributed by atoms with Gasteiger partial charge >= 0.3 is 0 Å². The lowest BCUT2D eigenvalue weighted by Gasteiger charge is -2.27. The molecule has 0 saturated carbocycles. The Labute approximate surface area is 140 Å². The third-order valence-electron chi connectivity index (χ3n) is 3.58. The Morgan fingerprint density at radius 2 is 2.00 bits per heavy atom. The van der Waals surface area contributed by atoms with Crippen molar-refractivity contribution in [2.75, 3.05) is 13.7 Å². The van der Waals surface area contributed by atoms with Gasteiger partial charge in [0.2, 0.25) is 0 Å². The van der Waals surface area contributed by atoms with Gasteiger partial charge in [0.25, 0.3) is 11.8 Å². The minimum atomic E-state index is -0.492. The molecule has 5 nitrogen and oxygen atoms in total. The Morgan fingerprint density at radius 1 is 1.30 bits per heavy atom. The summed E-state index contributed by atoms with van der Waals surface area (Å²) in [7, 11) is 1.60. The Kier molecular flexibility index (Phi) is 4.95. The van der Waals surface area contributed by atoms with E-state index in [1.54, 1.807) is 19.3 Å². The number of thiocarbonyl (C=S) groups is 1. The predicted octanol–water partition coefficient (Wildman–Crippen LogP) is 2.12. The number of nitrogens with zero attached hydrogens (tertiary/aromatic N) is 1. The Bertz CT molecular complexity index is 738. The van der Waals surface area contributed by atoms with E-state index in [0.29, 0.717) is 0 Å². The maximum absolute atomic E-state index is 12.5. The second-order valence-electron chi connectivity index (χ2n) is 5.20. The van der Waals surface area contributed by atoms with Gasteiger partial charge in [-0.1, -0.05) is 6.08 Å². The lowest BCUT2D eigenvalue weighted by molar-refractivity contribution is -0.128. The fourth-order valence-electron chi connectivity index (χ4n) is 2.33. The van der Waals surface area contributed by atoms with Crippen molar-refractivity contribution in [2.45, 2.75) is 13.8 Å². The maximum Gasteiger partial charge on any atom is 0.265 e. The molecular formula is C17H18N2O3S. The largest absolute Gasteiger partial charge is 0.496 e. The number of ether oxygens (including phenoxy) is 1. The smallest absolute Gasteiger partial charge is 0.265 e. The topological polar surface area (TPSA) is 58.6 Å². The van der Waals surface area contributed by atoms with Crippen LogP contribution in [0.3, 0.4) is 0 Å². The molecule has 0 atom stereocenters. The minimum absolute atomic E-state index is 0.0492. The highest BCUT2D eigenvalue weighted by atomic mass is 32.1. The highest BCUT2D eigenvalue weighted by molar-refractivity contribution is 7.80. The normalized spacial score (nSPS) is 16.6. The lowest BCUT2D eigenvalue weighted by Crippen LogP contribution is -2.53. The number of amides is 2. The van der Waals surface area contributed by atoms with Crippen LogP contribution in [0.1, 0.15) is 16.7 Å². The van der Waals surface area contributed by atoms with Crippen LogP contribution in [0.4, 0.5) is 0 Å². The molecule has 0 aliphatic carbocycles. The average molecular weight is 330 g/mol. The molecule has 1 aromatic rings. The molecule has 1 saturated heterocycles. The van der Waals surface area contributed by atoms with Crippen molar-refractivity contribution < 1.29 is 14.3 Å². The number of carbonyl (C=O) groups excluding carboxylic acids is 2. The van der Waals surface area contributed by atoms with Crippen LogP contribution in [0.5, 0.6) is 5.75 Å². The number of methoxy groups -OCH3 is 1.